The summed E-state index contributed by atoms with van der Waals surface area (Å²) >= 11 is 0. The fourth-order valence-electron chi connectivity index (χ4n) is 3.04. The molecule has 0 spiro atoms. The lowest BCUT2D eigenvalue weighted by atomic mass is 9.69. The van der Waals surface area contributed by atoms with Crippen LogP contribution in [-0.2, 0) is 4.74 Å². The molecule has 76 valence electrons. The maximum absolute atomic E-state index is 9.57. The molecule has 4 atom stereocenters. The third-order valence-electron chi connectivity index (χ3n) is 3.87. The molecule has 2 fully saturated rings. The summed E-state index contributed by atoms with van der Waals surface area (Å²) < 4.78 is 5.39. The molecule has 2 aliphatic carbocycles. The lowest BCUT2D eigenvalue weighted by Crippen LogP contribution is -2.35. The Morgan fingerprint density at radius 3 is 2.54 bits per heavy atom. The van der Waals surface area contributed by atoms with E-state index < -0.39 is 0 Å². The highest BCUT2D eigenvalue weighted by Crippen LogP contribution is 2.41. The number of methoxy groups -OCH3 is 1. The van der Waals surface area contributed by atoms with Crippen molar-refractivity contribution < 1.29 is 9.84 Å². The van der Waals surface area contributed by atoms with Gasteiger partial charge in [-0.15, -0.1) is 0 Å². The first-order valence-corrected chi connectivity index (χ1v) is 5.50. The lowest BCUT2D eigenvalue weighted by Gasteiger charge is -2.40. The number of ether oxygens (including phenoxy) is 1. The predicted molar refractivity (Wildman–Crippen MR) is 51.5 cm³/mol. The van der Waals surface area contributed by atoms with Crippen LogP contribution in [-0.4, -0.2) is 24.4 Å². The SMILES string of the molecule is COC1CCC2CCC(O)CC2C1. The zero-order valence-electron chi connectivity index (χ0n) is 8.41. The van der Waals surface area contributed by atoms with Crippen molar-refractivity contribution >= 4 is 0 Å². The van der Waals surface area contributed by atoms with E-state index in [1.165, 1.54) is 25.7 Å². The van der Waals surface area contributed by atoms with Crippen molar-refractivity contribution in [2.75, 3.05) is 7.11 Å². The average Bonchev–Trinajstić information content (AvgIpc) is 2.16. The maximum atomic E-state index is 9.57. The highest BCUT2D eigenvalue weighted by molar-refractivity contribution is 4.86. The van der Waals surface area contributed by atoms with Gasteiger partial charge in [-0.1, -0.05) is 0 Å². The third-order valence-corrected chi connectivity index (χ3v) is 3.87. The van der Waals surface area contributed by atoms with Gasteiger partial charge in [-0.05, 0) is 50.4 Å². The largest absolute Gasteiger partial charge is 0.393 e. The number of aliphatic hydroxyl groups excluding tert-OH is 1. The van der Waals surface area contributed by atoms with E-state index in [2.05, 4.69) is 0 Å². The van der Waals surface area contributed by atoms with E-state index in [1.807, 2.05) is 7.11 Å². The summed E-state index contributed by atoms with van der Waals surface area (Å²) in [4.78, 5) is 0. The van der Waals surface area contributed by atoms with E-state index in [9.17, 15) is 5.11 Å². The average molecular weight is 184 g/mol. The van der Waals surface area contributed by atoms with Crippen molar-refractivity contribution in [1.29, 1.82) is 0 Å². The molecular weight excluding hydrogens is 164 g/mol. The predicted octanol–water partition coefficient (Wildman–Crippen LogP) is 1.96. The van der Waals surface area contributed by atoms with Gasteiger partial charge in [-0.2, -0.15) is 0 Å². The first kappa shape index (κ1) is 9.47. The summed E-state index contributed by atoms with van der Waals surface area (Å²) in [5.74, 6) is 1.62. The van der Waals surface area contributed by atoms with Crippen LogP contribution in [0.3, 0.4) is 0 Å². The van der Waals surface area contributed by atoms with Crippen molar-refractivity contribution in [3.63, 3.8) is 0 Å². The lowest BCUT2D eigenvalue weighted by molar-refractivity contribution is -0.0142. The molecule has 0 aromatic rings. The van der Waals surface area contributed by atoms with Crippen molar-refractivity contribution in [3.8, 4) is 0 Å². The molecule has 0 heterocycles. The van der Waals surface area contributed by atoms with Gasteiger partial charge in [0.1, 0.15) is 0 Å². The van der Waals surface area contributed by atoms with Crippen LogP contribution >= 0.6 is 0 Å². The molecule has 0 saturated heterocycles. The van der Waals surface area contributed by atoms with Crippen LogP contribution in [0.2, 0.25) is 0 Å². The second-order valence-corrected chi connectivity index (χ2v) is 4.66. The van der Waals surface area contributed by atoms with Crippen molar-refractivity contribution in [2.45, 2.75) is 50.7 Å². The summed E-state index contributed by atoms with van der Waals surface area (Å²) in [5, 5.41) is 9.57. The third kappa shape index (κ3) is 2.05. The monoisotopic (exact) mass is 184 g/mol. The Morgan fingerprint density at radius 2 is 1.77 bits per heavy atom. The number of fused-ring (bicyclic) bond motifs is 1. The molecule has 0 amide bonds. The van der Waals surface area contributed by atoms with E-state index in [4.69, 9.17) is 4.74 Å². The molecule has 2 heteroatoms. The molecule has 13 heavy (non-hydrogen) atoms. The van der Waals surface area contributed by atoms with Crippen LogP contribution in [0.4, 0.5) is 0 Å². The van der Waals surface area contributed by atoms with Crippen LogP contribution in [0, 0.1) is 11.8 Å². The Labute approximate surface area is 80.3 Å². The highest BCUT2D eigenvalue weighted by Gasteiger charge is 2.34. The van der Waals surface area contributed by atoms with Gasteiger partial charge in [-0.3, -0.25) is 0 Å². The molecule has 1 N–H and O–H groups in total. The van der Waals surface area contributed by atoms with Crippen LogP contribution in [0.1, 0.15) is 38.5 Å². The first-order valence-electron chi connectivity index (χ1n) is 5.50. The highest BCUT2D eigenvalue weighted by atomic mass is 16.5. The summed E-state index contributed by atoms with van der Waals surface area (Å²) in [6.07, 6.45) is 7.44. The van der Waals surface area contributed by atoms with Gasteiger partial charge in [0.05, 0.1) is 12.2 Å². The Bertz CT molecular complexity index is 169. The molecule has 2 saturated carbocycles. The molecule has 0 aromatic carbocycles. The number of hydrogen-bond acceptors (Lipinski definition) is 2. The van der Waals surface area contributed by atoms with Gasteiger partial charge in [0, 0.05) is 7.11 Å². The van der Waals surface area contributed by atoms with Crippen LogP contribution in [0.25, 0.3) is 0 Å². The van der Waals surface area contributed by atoms with Crippen molar-refractivity contribution in [3.05, 3.63) is 0 Å². The zero-order valence-corrected chi connectivity index (χ0v) is 8.41. The minimum atomic E-state index is -0.0307. The Hall–Kier alpha value is -0.0800. The molecule has 2 nitrogen and oxygen atoms in total. The minimum absolute atomic E-state index is 0.0307. The van der Waals surface area contributed by atoms with Crippen molar-refractivity contribution in [1.82, 2.24) is 0 Å². The van der Waals surface area contributed by atoms with E-state index >= 15 is 0 Å². The second-order valence-electron chi connectivity index (χ2n) is 4.66. The first-order chi connectivity index (χ1) is 6.29. The van der Waals surface area contributed by atoms with E-state index in [1.54, 1.807) is 0 Å². The molecule has 0 aromatic heterocycles. The molecule has 0 aliphatic heterocycles. The number of aliphatic hydroxyl groups is 1. The van der Waals surface area contributed by atoms with Crippen LogP contribution < -0.4 is 0 Å². The second kappa shape index (κ2) is 3.97. The molecule has 2 aliphatic rings. The standard InChI is InChI=1S/C11H20O2/c1-13-11-5-3-8-2-4-10(12)6-9(8)7-11/h8-12H,2-7H2,1H3. The van der Waals surface area contributed by atoms with Crippen LogP contribution in [0.15, 0.2) is 0 Å². The summed E-state index contributed by atoms with van der Waals surface area (Å²) in [7, 11) is 1.81. The Balaban J connectivity index is 1.91. The molecular formula is C11H20O2. The van der Waals surface area contributed by atoms with Gasteiger partial charge in [0.25, 0.3) is 0 Å². The van der Waals surface area contributed by atoms with E-state index in [0.717, 1.165) is 24.7 Å². The molecule has 0 bridgehead atoms. The van der Waals surface area contributed by atoms with Crippen molar-refractivity contribution in [2.24, 2.45) is 11.8 Å². The normalized spacial score (nSPS) is 45.7. The molecule has 2 rings (SSSR count). The minimum Gasteiger partial charge on any atom is -0.393 e. The summed E-state index contributed by atoms with van der Waals surface area (Å²) in [5.41, 5.74) is 0. The summed E-state index contributed by atoms with van der Waals surface area (Å²) in [6.45, 7) is 0. The number of hydrogen-bond donors (Lipinski definition) is 1. The van der Waals surface area contributed by atoms with Gasteiger partial charge in [0.2, 0.25) is 0 Å². The van der Waals surface area contributed by atoms with Gasteiger partial charge in [-0.25, -0.2) is 0 Å². The Morgan fingerprint density at radius 1 is 1.00 bits per heavy atom. The fraction of sp³-hybridized carbons (Fsp3) is 1.00. The van der Waals surface area contributed by atoms with Gasteiger partial charge in [0.15, 0.2) is 0 Å². The quantitative estimate of drug-likeness (QED) is 0.675. The maximum Gasteiger partial charge on any atom is 0.0574 e. The fourth-order valence-corrected chi connectivity index (χ4v) is 3.04. The smallest absolute Gasteiger partial charge is 0.0574 e. The Kier molecular flexibility index (Phi) is 2.89. The summed E-state index contributed by atoms with van der Waals surface area (Å²) in [6, 6.07) is 0. The molecule has 0 radical (unpaired) electrons. The van der Waals surface area contributed by atoms with Crippen LogP contribution in [0.5, 0.6) is 0 Å². The van der Waals surface area contributed by atoms with Gasteiger partial charge >= 0.3 is 0 Å². The van der Waals surface area contributed by atoms with E-state index in [0.29, 0.717) is 6.10 Å². The topological polar surface area (TPSA) is 29.5 Å². The zero-order chi connectivity index (χ0) is 9.26. The number of rotatable bonds is 1. The molecule has 4 unspecified atom stereocenters. The van der Waals surface area contributed by atoms with Gasteiger partial charge < -0.3 is 9.84 Å². The van der Waals surface area contributed by atoms with E-state index in [-0.39, 0.29) is 6.10 Å².